The van der Waals surface area contributed by atoms with Gasteiger partial charge in [-0.25, -0.2) is 0 Å². The molecule has 1 aromatic rings. The maximum absolute atomic E-state index is 6.24. The number of fused-ring (bicyclic) bond motifs is 1. The molecule has 0 aromatic heterocycles. The van der Waals surface area contributed by atoms with Crippen molar-refractivity contribution in [2.75, 3.05) is 12.5 Å². The van der Waals surface area contributed by atoms with E-state index in [-0.39, 0.29) is 0 Å². The van der Waals surface area contributed by atoms with Crippen molar-refractivity contribution in [3.63, 3.8) is 0 Å². The van der Waals surface area contributed by atoms with E-state index in [0.29, 0.717) is 5.92 Å². The van der Waals surface area contributed by atoms with Crippen molar-refractivity contribution in [1.29, 1.82) is 0 Å². The minimum absolute atomic E-state index is 0.603. The Balaban J connectivity index is 1.81. The maximum Gasteiger partial charge on any atom is 0.125 e. The number of hydrogen-bond acceptors (Lipinski definition) is 1. The predicted molar refractivity (Wildman–Crippen MR) is 83.2 cm³/mol. The third kappa shape index (κ3) is 2.95. The van der Waals surface area contributed by atoms with Crippen molar-refractivity contribution in [2.45, 2.75) is 38.5 Å². The molecule has 1 nitrogen and oxygen atoms in total. The maximum atomic E-state index is 6.24. The Bertz CT molecular complexity index is 454. The molecule has 1 fully saturated rings. The fraction of sp³-hybridized carbons (Fsp3) is 0.625. The molecular weight excluding hydrogens is 324 g/mol. The van der Waals surface area contributed by atoms with Gasteiger partial charge in [0.1, 0.15) is 5.75 Å². The van der Waals surface area contributed by atoms with Crippen molar-refractivity contribution in [1.82, 2.24) is 0 Å². The summed E-state index contributed by atoms with van der Waals surface area (Å²) in [4.78, 5) is 0. The zero-order chi connectivity index (χ0) is 13.2. The van der Waals surface area contributed by atoms with Crippen LogP contribution in [0.2, 0.25) is 0 Å². The molecule has 1 aromatic carbocycles. The molecule has 0 amide bonds. The van der Waals surface area contributed by atoms with Gasteiger partial charge in [-0.3, -0.25) is 0 Å². The SMILES string of the molecule is ClCC(Cc1cc(Br)cc2c1OCC2)C1CCCC1. The van der Waals surface area contributed by atoms with Crippen LogP contribution in [0, 0.1) is 11.8 Å². The van der Waals surface area contributed by atoms with Gasteiger partial charge in [0, 0.05) is 16.8 Å². The number of hydrogen-bond donors (Lipinski definition) is 0. The normalized spacial score (nSPS) is 20.3. The lowest BCUT2D eigenvalue weighted by molar-refractivity contribution is 0.339. The lowest BCUT2D eigenvalue weighted by atomic mass is 9.86. The van der Waals surface area contributed by atoms with Gasteiger partial charge in [0.15, 0.2) is 0 Å². The van der Waals surface area contributed by atoms with E-state index >= 15 is 0 Å². The Morgan fingerprint density at radius 2 is 2.11 bits per heavy atom. The predicted octanol–water partition coefficient (Wildman–Crippen LogP) is 4.97. The standard InChI is InChI=1S/C16H20BrClO/c17-15-8-12-5-6-19-16(12)13(9-15)7-14(10-18)11-3-1-2-4-11/h8-9,11,14H,1-7,10H2. The molecule has 1 heterocycles. The summed E-state index contributed by atoms with van der Waals surface area (Å²) in [5, 5.41) is 0. The number of benzene rings is 1. The number of rotatable bonds is 4. The number of ether oxygens (including phenoxy) is 1. The Morgan fingerprint density at radius 3 is 2.84 bits per heavy atom. The van der Waals surface area contributed by atoms with Gasteiger partial charge in [-0.2, -0.15) is 0 Å². The summed E-state index contributed by atoms with van der Waals surface area (Å²) in [7, 11) is 0. The van der Waals surface area contributed by atoms with Gasteiger partial charge >= 0.3 is 0 Å². The number of alkyl halides is 1. The van der Waals surface area contributed by atoms with Gasteiger partial charge in [-0.1, -0.05) is 41.6 Å². The summed E-state index contributed by atoms with van der Waals surface area (Å²) in [6, 6.07) is 4.41. The van der Waals surface area contributed by atoms with Gasteiger partial charge in [-0.15, -0.1) is 11.6 Å². The quantitative estimate of drug-likeness (QED) is 0.701. The van der Waals surface area contributed by atoms with Crippen LogP contribution in [-0.2, 0) is 12.8 Å². The first-order chi connectivity index (χ1) is 9.28. The van der Waals surface area contributed by atoms with Crippen LogP contribution in [0.3, 0.4) is 0 Å². The summed E-state index contributed by atoms with van der Waals surface area (Å²) in [6.45, 7) is 0.827. The molecule has 1 unspecified atom stereocenters. The summed E-state index contributed by atoms with van der Waals surface area (Å²) in [6.07, 6.45) is 7.58. The molecule has 1 aliphatic heterocycles. The van der Waals surface area contributed by atoms with E-state index in [2.05, 4.69) is 28.1 Å². The summed E-state index contributed by atoms with van der Waals surface area (Å²) >= 11 is 9.86. The third-order valence-corrected chi connectivity index (χ3v) is 5.43. The van der Waals surface area contributed by atoms with Crippen LogP contribution in [0.5, 0.6) is 5.75 Å². The molecule has 3 rings (SSSR count). The Hall–Kier alpha value is -0.210. The first kappa shape index (κ1) is 13.8. The van der Waals surface area contributed by atoms with Crippen LogP contribution in [0.25, 0.3) is 0 Å². The lowest BCUT2D eigenvalue weighted by Gasteiger charge is -2.22. The van der Waals surface area contributed by atoms with Crippen molar-refractivity contribution in [3.8, 4) is 5.75 Å². The second-order valence-corrected chi connectivity index (χ2v) is 7.04. The van der Waals surface area contributed by atoms with Gasteiger partial charge < -0.3 is 4.74 Å². The fourth-order valence-electron chi connectivity index (χ4n) is 3.56. The zero-order valence-electron chi connectivity index (χ0n) is 11.1. The van der Waals surface area contributed by atoms with E-state index in [4.69, 9.17) is 16.3 Å². The molecule has 2 aliphatic rings. The van der Waals surface area contributed by atoms with E-state index in [1.54, 1.807) is 0 Å². The average molecular weight is 344 g/mol. The first-order valence-electron chi connectivity index (χ1n) is 7.28. The second-order valence-electron chi connectivity index (χ2n) is 5.81. The van der Waals surface area contributed by atoms with Crippen molar-refractivity contribution < 1.29 is 4.74 Å². The molecule has 1 atom stereocenters. The zero-order valence-corrected chi connectivity index (χ0v) is 13.5. The van der Waals surface area contributed by atoms with Gasteiger partial charge in [-0.05, 0) is 41.5 Å². The molecule has 0 saturated heterocycles. The van der Waals surface area contributed by atoms with Crippen LogP contribution >= 0.6 is 27.5 Å². The Morgan fingerprint density at radius 1 is 1.32 bits per heavy atom. The lowest BCUT2D eigenvalue weighted by Crippen LogP contribution is -2.16. The van der Waals surface area contributed by atoms with Crippen LogP contribution in [0.4, 0.5) is 0 Å². The van der Waals surface area contributed by atoms with E-state index < -0.39 is 0 Å². The van der Waals surface area contributed by atoms with Crippen LogP contribution < -0.4 is 4.74 Å². The van der Waals surface area contributed by atoms with Crippen LogP contribution in [-0.4, -0.2) is 12.5 Å². The summed E-state index contributed by atoms with van der Waals surface area (Å²) in [5.74, 6) is 3.32. The summed E-state index contributed by atoms with van der Waals surface area (Å²) < 4.78 is 7.00. The molecule has 1 aliphatic carbocycles. The largest absolute Gasteiger partial charge is 0.493 e. The average Bonchev–Trinajstić information content (AvgIpc) is 3.05. The third-order valence-electron chi connectivity index (χ3n) is 4.57. The topological polar surface area (TPSA) is 9.23 Å². The second kappa shape index (κ2) is 6.05. The van der Waals surface area contributed by atoms with E-state index in [1.807, 2.05) is 0 Å². The van der Waals surface area contributed by atoms with Crippen molar-refractivity contribution >= 4 is 27.5 Å². The highest BCUT2D eigenvalue weighted by molar-refractivity contribution is 9.10. The molecule has 1 saturated carbocycles. The molecule has 0 bridgehead atoms. The van der Waals surface area contributed by atoms with Crippen LogP contribution in [0.1, 0.15) is 36.8 Å². The smallest absolute Gasteiger partial charge is 0.125 e. The van der Waals surface area contributed by atoms with Crippen LogP contribution in [0.15, 0.2) is 16.6 Å². The fourth-order valence-corrected chi connectivity index (χ4v) is 4.47. The minimum atomic E-state index is 0.603. The molecule has 3 heteroatoms. The highest BCUT2D eigenvalue weighted by Crippen LogP contribution is 2.38. The van der Waals surface area contributed by atoms with Gasteiger partial charge in [0.25, 0.3) is 0 Å². The van der Waals surface area contributed by atoms with Gasteiger partial charge in [0.05, 0.1) is 6.61 Å². The van der Waals surface area contributed by atoms with Crippen molar-refractivity contribution in [2.24, 2.45) is 11.8 Å². The van der Waals surface area contributed by atoms with E-state index in [1.165, 1.54) is 41.3 Å². The van der Waals surface area contributed by atoms with Gasteiger partial charge in [0.2, 0.25) is 0 Å². The molecular formula is C16H20BrClO. The highest BCUT2D eigenvalue weighted by Gasteiger charge is 2.27. The van der Waals surface area contributed by atoms with E-state index in [0.717, 1.165) is 37.0 Å². The molecule has 19 heavy (non-hydrogen) atoms. The molecule has 0 N–H and O–H groups in total. The number of halogens is 2. The Kier molecular flexibility index (Phi) is 4.38. The van der Waals surface area contributed by atoms with E-state index in [9.17, 15) is 0 Å². The highest BCUT2D eigenvalue weighted by atomic mass is 79.9. The molecule has 104 valence electrons. The first-order valence-corrected chi connectivity index (χ1v) is 8.60. The molecule has 0 radical (unpaired) electrons. The monoisotopic (exact) mass is 342 g/mol. The van der Waals surface area contributed by atoms with Crippen molar-refractivity contribution in [3.05, 3.63) is 27.7 Å². The molecule has 0 spiro atoms. The summed E-state index contributed by atoms with van der Waals surface area (Å²) in [5.41, 5.74) is 2.70. The Labute approximate surface area is 128 Å². The minimum Gasteiger partial charge on any atom is -0.493 e.